The first-order valence-corrected chi connectivity index (χ1v) is 5.34. The molecular formula is C12H14O5. The molecule has 2 N–H and O–H groups in total. The van der Waals surface area contributed by atoms with E-state index >= 15 is 0 Å². The highest BCUT2D eigenvalue weighted by atomic mass is 16.6. The van der Waals surface area contributed by atoms with Gasteiger partial charge in [-0.05, 0) is 13.0 Å². The molecule has 1 aromatic carbocycles. The quantitative estimate of drug-likeness (QED) is 0.816. The van der Waals surface area contributed by atoms with Crippen LogP contribution in [-0.2, 0) is 11.2 Å². The third-order valence-corrected chi connectivity index (χ3v) is 2.64. The second-order valence-electron chi connectivity index (χ2n) is 4.20. The van der Waals surface area contributed by atoms with Crippen molar-refractivity contribution in [2.45, 2.75) is 18.9 Å². The number of fused-ring (bicyclic) bond motifs is 1. The first-order chi connectivity index (χ1) is 8.00. The molecule has 1 aromatic rings. The highest BCUT2D eigenvalue weighted by Crippen LogP contribution is 2.35. The minimum atomic E-state index is -1.81. The molecule has 0 amide bonds. The minimum absolute atomic E-state index is 0.0190. The molecule has 0 bridgehead atoms. The number of carboxylic acid groups (broad SMARTS) is 1. The molecule has 0 radical (unpaired) electrons. The molecule has 0 saturated heterocycles. The molecule has 5 nitrogen and oxygen atoms in total. The second kappa shape index (κ2) is 4.25. The van der Waals surface area contributed by atoms with E-state index < -0.39 is 11.6 Å². The zero-order valence-electron chi connectivity index (χ0n) is 9.47. The van der Waals surface area contributed by atoms with Crippen LogP contribution in [0.25, 0.3) is 0 Å². The van der Waals surface area contributed by atoms with Crippen LogP contribution in [0.3, 0.4) is 0 Å². The normalized spacial score (nSPS) is 17.3. The van der Waals surface area contributed by atoms with E-state index in [-0.39, 0.29) is 6.42 Å². The van der Waals surface area contributed by atoms with Gasteiger partial charge in [0.15, 0.2) is 17.1 Å². The summed E-state index contributed by atoms with van der Waals surface area (Å²) in [5, 5.41) is 18.6. The number of para-hydroxylation sites is 1. The van der Waals surface area contributed by atoms with Gasteiger partial charge in [-0.2, -0.15) is 0 Å². The molecule has 0 aromatic heterocycles. The summed E-state index contributed by atoms with van der Waals surface area (Å²) >= 11 is 0. The molecule has 1 atom stereocenters. The molecule has 1 aliphatic heterocycles. The van der Waals surface area contributed by atoms with E-state index in [1.54, 1.807) is 18.2 Å². The van der Waals surface area contributed by atoms with Crippen molar-refractivity contribution in [2.75, 3.05) is 13.2 Å². The molecule has 1 unspecified atom stereocenters. The lowest BCUT2D eigenvalue weighted by Crippen LogP contribution is -2.37. The van der Waals surface area contributed by atoms with E-state index in [9.17, 15) is 9.90 Å². The molecular weight excluding hydrogens is 224 g/mol. The summed E-state index contributed by atoms with van der Waals surface area (Å²) in [4.78, 5) is 10.9. The van der Waals surface area contributed by atoms with Crippen LogP contribution in [0, 0.1) is 0 Å². The van der Waals surface area contributed by atoms with E-state index in [1.807, 2.05) is 0 Å². The van der Waals surface area contributed by atoms with E-state index in [0.717, 1.165) is 0 Å². The van der Waals surface area contributed by atoms with Crippen molar-refractivity contribution in [3.05, 3.63) is 23.8 Å². The zero-order valence-corrected chi connectivity index (χ0v) is 9.47. The van der Waals surface area contributed by atoms with Crippen molar-refractivity contribution in [3.8, 4) is 11.5 Å². The van der Waals surface area contributed by atoms with Gasteiger partial charge in [-0.25, -0.2) is 4.79 Å². The predicted molar refractivity (Wildman–Crippen MR) is 59.4 cm³/mol. The summed E-state index contributed by atoms with van der Waals surface area (Å²) in [5.41, 5.74) is -1.18. The molecule has 0 spiro atoms. The molecule has 92 valence electrons. The van der Waals surface area contributed by atoms with E-state index in [0.29, 0.717) is 30.3 Å². The zero-order chi connectivity index (χ0) is 12.5. The Balaban J connectivity index is 2.30. The maximum absolute atomic E-state index is 10.9. The number of hydrogen-bond acceptors (Lipinski definition) is 4. The predicted octanol–water partition coefficient (Wildman–Crippen LogP) is 0.836. The molecule has 0 saturated carbocycles. The van der Waals surface area contributed by atoms with Crippen molar-refractivity contribution in [1.29, 1.82) is 0 Å². The third kappa shape index (κ3) is 2.34. The summed E-state index contributed by atoms with van der Waals surface area (Å²) in [6.07, 6.45) is -0.0190. The van der Waals surface area contributed by atoms with Crippen LogP contribution in [0.2, 0.25) is 0 Å². The SMILES string of the molecule is CC(O)(Cc1cccc2c1OCCO2)C(=O)O. The fourth-order valence-electron chi connectivity index (χ4n) is 1.72. The fourth-order valence-corrected chi connectivity index (χ4v) is 1.72. The van der Waals surface area contributed by atoms with Gasteiger partial charge in [-0.15, -0.1) is 0 Å². The number of carbonyl (C=O) groups is 1. The standard InChI is InChI=1S/C12H14O5/c1-12(15,11(13)14)7-8-3-2-4-9-10(8)17-6-5-16-9/h2-4,15H,5-7H2,1H3,(H,13,14). The average Bonchev–Trinajstić information content (AvgIpc) is 2.29. The highest BCUT2D eigenvalue weighted by molar-refractivity contribution is 5.77. The van der Waals surface area contributed by atoms with Gasteiger partial charge >= 0.3 is 5.97 Å². The Morgan fingerprint density at radius 2 is 2.12 bits per heavy atom. The van der Waals surface area contributed by atoms with Crippen molar-refractivity contribution in [2.24, 2.45) is 0 Å². The Morgan fingerprint density at radius 3 is 2.82 bits per heavy atom. The average molecular weight is 238 g/mol. The molecule has 5 heteroatoms. The summed E-state index contributed by atoms with van der Waals surface area (Å²) < 4.78 is 10.8. The lowest BCUT2D eigenvalue weighted by molar-refractivity contribution is -0.156. The van der Waals surface area contributed by atoms with Crippen LogP contribution in [0.4, 0.5) is 0 Å². The number of benzene rings is 1. The number of ether oxygens (including phenoxy) is 2. The number of hydrogen-bond donors (Lipinski definition) is 2. The molecule has 2 rings (SSSR count). The van der Waals surface area contributed by atoms with E-state index in [1.165, 1.54) is 6.92 Å². The summed E-state index contributed by atoms with van der Waals surface area (Å²) in [6, 6.07) is 5.24. The highest BCUT2D eigenvalue weighted by Gasteiger charge is 2.32. The van der Waals surface area contributed by atoms with Gasteiger partial charge in [0.2, 0.25) is 0 Å². The third-order valence-electron chi connectivity index (χ3n) is 2.64. The van der Waals surface area contributed by atoms with E-state index in [2.05, 4.69) is 0 Å². The maximum Gasteiger partial charge on any atom is 0.335 e. The molecule has 1 heterocycles. The number of carboxylic acids is 1. The summed E-state index contributed by atoms with van der Waals surface area (Å²) in [7, 11) is 0. The minimum Gasteiger partial charge on any atom is -0.486 e. The van der Waals surface area contributed by atoms with Crippen molar-refractivity contribution in [3.63, 3.8) is 0 Å². The maximum atomic E-state index is 10.9. The van der Waals surface area contributed by atoms with Gasteiger partial charge in [0.05, 0.1) is 0 Å². The first kappa shape index (κ1) is 11.7. The molecule has 0 aliphatic carbocycles. The monoisotopic (exact) mass is 238 g/mol. The number of rotatable bonds is 3. The lowest BCUT2D eigenvalue weighted by Gasteiger charge is -2.24. The topological polar surface area (TPSA) is 76.0 Å². The number of aliphatic carboxylic acids is 1. The van der Waals surface area contributed by atoms with Crippen LogP contribution in [-0.4, -0.2) is 35.0 Å². The van der Waals surface area contributed by atoms with Gasteiger partial charge < -0.3 is 19.7 Å². The van der Waals surface area contributed by atoms with Gasteiger partial charge in [0.1, 0.15) is 13.2 Å². The Kier molecular flexibility index (Phi) is 2.93. The fraction of sp³-hybridized carbons (Fsp3) is 0.417. The second-order valence-corrected chi connectivity index (χ2v) is 4.20. The van der Waals surface area contributed by atoms with Crippen LogP contribution in [0.1, 0.15) is 12.5 Å². The summed E-state index contributed by atoms with van der Waals surface area (Å²) in [6.45, 7) is 2.17. The molecule has 17 heavy (non-hydrogen) atoms. The van der Waals surface area contributed by atoms with Crippen LogP contribution in [0.15, 0.2) is 18.2 Å². The van der Waals surface area contributed by atoms with Gasteiger partial charge in [-0.3, -0.25) is 0 Å². The first-order valence-electron chi connectivity index (χ1n) is 5.34. The van der Waals surface area contributed by atoms with Gasteiger partial charge in [0.25, 0.3) is 0 Å². The largest absolute Gasteiger partial charge is 0.486 e. The Bertz CT molecular complexity index is 439. The van der Waals surface area contributed by atoms with Crippen molar-refractivity contribution in [1.82, 2.24) is 0 Å². The van der Waals surface area contributed by atoms with Crippen molar-refractivity contribution >= 4 is 5.97 Å². The van der Waals surface area contributed by atoms with E-state index in [4.69, 9.17) is 14.6 Å². The van der Waals surface area contributed by atoms with Gasteiger partial charge in [0, 0.05) is 12.0 Å². The van der Waals surface area contributed by atoms with Crippen LogP contribution in [0.5, 0.6) is 11.5 Å². The molecule has 1 aliphatic rings. The number of aliphatic hydroxyl groups is 1. The molecule has 0 fully saturated rings. The van der Waals surface area contributed by atoms with Gasteiger partial charge in [-0.1, -0.05) is 12.1 Å². The summed E-state index contributed by atoms with van der Waals surface area (Å²) in [5.74, 6) is -0.137. The Labute approximate surface area is 98.6 Å². The lowest BCUT2D eigenvalue weighted by atomic mass is 9.96. The Hall–Kier alpha value is -1.75. The smallest absolute Gasteiger partial charge is 0.335 e. The van der Waals surface area contributed by atoms with Crippen LogP contribution >= 0.6 is 0 Å². The van der Waals surface area contributed by atoms with Crippen LogP contribution < -0.4 is 9.47 Å². The van der Waals surface area contributed by atoms with Crippen molar-refractivity contribution < 1.29 is 24.5 Å². The Morgan fingerprint density at radius 1 is 1.41 bits per heavy atom.